The number of aryl methyl sites for hydroxylation is 2. The minimum Gasteiger partial charge on any atom is -0.312 e. The van der Waals surface area contributed by atoms with Crippen molar-refractivity contribution >= 4 is 21.6 Å². The number of sulfonamides is 1. The van der Waals surface area contributed by atoms with Crippen LogP contribution in [0.1, 0.15) is 24.0 Å². The molecule has 0 aliphatic carbocycles. The molecule has 2 aliphatic heterocycles. The molecule has 0 radical (unpaired) electrons. The van der Waals surface area contributed by atoms with E-state index >= 15 is 0 Å². The van der Waals surface area contributed by atoms with Gasteiger partial charge in [-0.1, -0.05) is 0 Å². The van der Waals surface area contributed by atoms with Crippen LogP contribution in [0.15, 0.2) is 17.0 Å². The largest absolute Gasteiger partial charge is 0.312 e. The first-order chi connectivity index (χ1) is 10.9. The SMILES string of the molecule is CN(C)CCNS(=O)(=O)c1cc2c3c(c1)CCC(=O)N3CCC2. The van der Waals surface area contributed by atoms with Crippen molar-refractivity contribution in [3.05, 3.63) is 23.3 Å². The summed E-state index contributed by atoms with van der Waals surface area (Å²) in [4.78, 5) is 16.1. The van der Waals surface area contributed by atoms with E-state index in [0.717, 1.165) is 36.2 Å². The molecule has 0 atom stereocenters. The maximum absolute atomic E-state index is 12.5. The van der Waals surface area contributed by atoms with E-state index in [-0.39, 0.29) is 5.91 Å². The summed E-state index contributed by atoms with van der Waals surface area (Å²) in [6.07, 6.45) is 2.80. The van der Waals surface area contributed by atoms with Crippen LogP contribution in [-0.4, -0.2) is 53.0 Å². The molecule has 1 amide bonds. The van der Waals surface area contributed by atoms with Gasteiger partial charge in [-0.15, -0.1) is 0 Å². The number of amides is 1. The number of carbonyl (C=O) groups excluding carboxylic acids is 1. The summed E-state index contributed by atoms with van der Waals surface area (Å²) in [6.45, 7) is 1.78. The minimum absolute atomic E-state index is 0.151. The second-order valence-corrected chi connectivity index (χ2v) is 8.21. The molecule has 1 N–H and O–H groups in total. The average molecular weight is 337 g/mol. The van der Waals surface area contributed by atoms with Gasteiger partial charge in [0.25, 0.3) is 0 Å². The van der Waals surface area contributed by atoms with Crippen LogP contribution in [0.3, 0.4) is 0 Å². The number of nitrogens with one attached hydrogen (secondary N) is 1. The molecule has 126 valence electrons. The third kappa shape index (κ3) is 3.27. The van der Waals surface area contributed by atoms with Crippen molar-refractivity contribution in [2.24, 2.45) is 0 Å². The normalized spacial score (nSPS) is 17.5. The van der Waals surface area contributed by atoms with Crippen LogP contribution in [0.5, 0.6) is 0 Å². The summed E-state index contributed by atoms with van der Waals surface area (Å²) in [5.41, 5.74) is 2.92. The lowest BCUT2D eigenvalue weighted by molar-refractivity contribution is -0.119. The van der Waals surface area contributed by atoms with Gasteiger partial charge in [-0.3, -0.25) is 4.79 Å². The Morgan fingerprint density at radius 2 is 1.87 bits per heavy atom. The number of nitrogens with zero attached hydrogens (tertiary/aromatic N) is 2. The van der Waals surface area contributed by atoms with E-state index in [2.05, 4.69) is 4.72 Å². The quantitative estimate of drug-likeness (QED) is 0.861. The molecule has 0 saturated carbocycles. The summed E-state index contributed by atoms with van der Waals surface area (Å²) < 4.78 is 27.7. The number of benzene rings is 1. The van der Waals surface area contributed by atoms with Gasteiger partial charge in [-0.2, -0.15) is 0 Å². The maximum atomic E-state index is 12.5. The molecule has 0 unspecified atom stereocenters. The zero-order valence-electron chi connectivity index (χ0n) is 13.6. The molecule has 0 fully saturated rings. The Balaban J connectivity index is 1.92. The molecule has 7 heteroatoms. The fourth-order valence-corrected chi connectivity index (χ4v) is 4.38. The van der Waals surface area contributed by atoms with E-state index in [4.69, 9.17) is 0 Å². The summed E-state index contributed by atoms with van der Waals surface area (Å²) in [5.74, 6) is 0.151. The highest BCUT2D eigenvalue weighted by Crippen LogP contribution is 2.37. The van der Waals surface area contributed by atoms with Crippen LogP contribution in [-0.2, 0) is 27.7 Å². The maximum Gasteiger partial charge on any atom is 0.240 e. The smallest absolute Gasteiger partial charge is 0.240 e. The van der Waals surface area contributed by atoms with Crippen molar-refractivity contribution in [3.63, 3.8) is 0 Å². The Labute approximate surface area is 137 Å². The van der Waals surface area contributed by atoms with Gasteiger partial charge in [0.2, 0.25) is 15.9 Å². The Bertz CT molecular complexity index is 711. The van der Waals surface area contributed by atoms with E-state index in [1.807, 2.05) is 23.9 Å². The number of anilines is 1. The molecule has 2 heterocycles. The van der Waals surface area contributed by atoms with Crippen LogP contribution in [0, 0.1) is 0 Å². The lowest BCUT2D eigenvalue weighted by atomic mass is 9.92. The lowest BCUT2D eigenvalue weighted by Gasteiger charge is -2.35. The van der Waals surface area contributed by atoms with Crippen molar-refractivity contribution in [1.29, 1.82) is 0 Å². The third-order valence-electron chi connectivity index (χ3n) is 4.41. The monoisotopic (exact) mass is 337 g/mol. The lowest BCUT2D eigenvalue weighted by Crippen LogP contribution is -2.39. The van der Waals surface area contributed by atoms with Crippen molar-refractivity contribution in [3.8, 4) is 0 Å². The first kappa shape index (κ1) is 16.4. The van der Waals surface area contributed by atoms with E-state index in [1.54, 1.807) is 12.1 Å². The van der Waals surface area contributed by atoms with Gasteiger partial charge in [0.1, 0.15) is 0 Å². The average Bonchev–Trinajstić information content (AvgIpc) is 2.50. The fraction of sp³-hybridized carbons (Fsp3) is 0.562. The van der Waals surface area contributed by atoms with Crippen LogP contribution in [0.25, 0.3) is 0 Å². The zero-order valence-corrected chi connectivity index (χ0v) is 14.4. The van der Waals surface area contributed by atoms with Gasteiger partial charge < -0.3 is 9.80 Å². The van der Waals surface area contributed by atoms with Gasteiger partial charge in [-0.05, 0) is 56.6 Å². The molecule has 1 aromatic carbocycles. The zero-order chi connectivity index (χ0) is 16.6. The molecule has 6 nitrogen and oxygen atoms in total. The molecule has 0 bridgehead atoms. The molecule has 0 saturated heterocycles. The van der Waals surface area contributed by atoms with E-state index < -0.39 is 10.0 Å². The van der Waals surface area contributed by atoms with Crippen LogP contribution >= 0.6 is 0 Å². The predicted molar refractivity (Wildman–Crippen MR) is 89.2 cm³/mol. The minimum atomic E-state index is -3.51. The van der Waals surface area contributed by atoms with Crippen molar-refractivity contribution < 1.29 is 13.2 Å². The number of carbonyl (C=O) groups is 1. The summed E-state index contributed by atoms with van der Waals surface area (Å²) in [5, 5.41) is 0. The van der Waals surface area contributed by atoms with Crippen LogP contribution in [0.4, 0.5) is 5.69 Å². The second-order valence-electron chi connectivity index (χ2n) is 6.44. The highest BCUT2D eigenvalue weighted by molar-refractivity contribution is 7.89. The number of rotatable bonds is 5. The van der Waals surface area contributed by atoms with Crippen molar-refractivity contribution in [2.75, 3.05) is 38.6 Å². The molecule has 23 heavy (non-hydrogen) atoms. The summed E-state index contributed by atoms with van der Waals surface area (Å²) >= 11 is 0. The van der Waals surface area contributed by atoms with Crippen LogP contribution in [0.2, 0.25) is 0 Å². The fourth-order valence-electron chi connectivity index (χ4n) is 3.26. The Morgan fingerprint density at radius 1 is 1.17 bits per heavy atom. The molecule has 1 aromatic rings. The topological polar surface area (TPSA) is 69.7 Å². The number of hydrogen-bond acceptors (Lipinski definition) is 4. The van der Waals surface area contributed by atoms with E-state index in [9.17, 15) is 13.2 Å². The Hall–Kier alpha value is -1.44. The van der Waals surface area contributed by atoms with Crippen LogP contribution < -0.4 is 9.62 Å². The molecular weight excluding hydrogens is 314 g/mol. The number of likely N-dealkylation sites (N-methyl/N-ethyl adjacent to an activating group) is 1. The van der Waals surface area contributed by atoms with Gasteiger partial charge >= 0.3 is 0 Å². The summed E-state index contributed by atoms with van der Waals surface area (Å²) in [6, 6.07) is 3.48. The van der Waals surface area contributed by atoms with Crippen molar-refractivity contribution in [2.45, 2.75) is 30.6 Å². The Kier molecular flexibility index (Phi) is 4.44. The van der Waals surface area contributed by atoms with Gasteiger partial charge in [0, 0.05) is 26.1 Å². The highest BCUT2D eigenvalue weighted by Gasteiger charge is 2.31. The first-order valence-corrected chi connectivity index (χ1v) is 9.47. The van der Waals surface area contributed by atoms with Gasteiger partial charge in [0.15, 0.2) is 0 Å². The molecular formula is C16H23N3O3S. The van der Waals surface area contributed by atoms with E-state index in [0.29, 0.717) is 30.8 Å². The predicted octanol–water partition coefficient (Wildman–Crippen LogP) is 0.752. The third-order valence-corrected chi connectivity index (χ3v) is 5.85. The molecule has 2 aliphatic rings. The number of hydrogen-bond donors (Lipinski definition) is 1. The van der Waals surface area contributed by atoms with Crippen molar-refractivity contribution in [1.82, 2.24) is 9.62 Å². The van der Waals surface area contributed by atoms with Gasteiger partial charge in [-0.25, -0.2) is 13.1 Å². The molecule has 0 spiro atoms. The molecule has 0 aromatic heterocycles. The second kappa shape index (κ2) is 6.22. The first-order valence-electron chi connectivity index (χ1n) is 7.99. The standard InChI is InChI=1S/C16H23N3O3S/c1-18(2)9-7-17-23(21,22)14-10-12-4-3-8-19-15(20)6-5-13(11-14)16(12)19/h10-11,17H,3-9H2,1-2H3. The molecule has 3 rings (SSSR count). The summed E-state index contributed by atoms with van der Waals surface area (Å²) in [7, 11) is 0.302. The highest BCUT2D eigenvalue weighted by atomic mass is 32.2. The Morgan fingerprint density at radius 3 is 2.57 bits per heavy atom. The van der Waals surface area contributed by atoms with Gasteiger partial charge in [0.05, 0.1) is 10.6 Å². The van der Waals surface area contributed by atoms with E-state index in [1.165, 1.54) is 0 Å².